The third-order valence-electron chi connectivity index (χ3n) is 2.61. The first-order chi connectivity index (χ1) is 8.63. The van der Waals surface area contributed by atoms with Gasteiger partial charge >= 0.3 is 5.97 Å². The SMILES string of the molecule is C=C(CNC(C)Cc1ccccc1)C(=O)OCC. The second kappa shape index (κ2) is 7.67. The number of hydrogen-bond acceptors (Lipinski definition) is 3. The first-order valence-electron chi connectivity index (χ1n) is 6.25. The molecule has 0 aromatic heterocycles. The quantitative estimate of drug-likeness (QED) is 0.593. The minimum Gasteiger partial charge on any atom is -0.463 e. The van der Waals surface area contributed by atoms with E-state index >= 15 is 0 Å². The van der Waals surface area contributed by atoms with Crippen molar-refractivity contribution in [3.8, 4) is 0 Å². The van der Waals surface area contributed by atoms with E-state index in [2.05, 4.69) is 31.0 Å². The molecule has 3 heteroatoms. The molecule has 0 radical (unpaired) electrons. The topological polar surface area (TPSA) is 38.3 Å². The fourth-order valence-corrected chi connectivity index (χ4v) is 1.64. The molecule has 1 unspecified atom stereocenters. The van der Waals surface area contributed by atoms with Gasteiger partial charge in [-0.3, -0.25) is 0 Å². The smallest absolute Gasteiger partial charge is 0.334 e. The van der Waals surface area contributed by atoms with Crippen LogP contribution in [-0.2, 0) is 16.0 Å². The van der Waals surface area contributed by atoms with Crippen LogP contribution < -0.4 is 5.32 Å². The molecule has 0 bridgehead atoms. The van der Waals surface area contributed by atoms with Crippen LogP contribution in [0, 0.1) is 0 Å². The van der Waals surface area contributed by atoms with Gasteiger partial charge in [-0.1, -0.05) is 36.9 Å². The van der Waals surface area contributed by atoms with Crippen molar-refractivity contribution < 1.29 is 9.53 Å². The van der Waals surface area contributed by atoms with Gasteiger partial charge in [-0.2, -0.15) is 0 Å². The predicted molar refractivity (Wildman–Crippen MR) is 73.4 cm³/mol. The van der Waals surface area contributed by atoms with Crippen molar-refractivity contribution >= 4 is 5.97 Å². The molecule has 0 spiro atoms. The van der Waals surface area contributed by atoms with Gasteiger partial charge in [-0.05, 0) is 25.8 Å². The van der Waals surface area contributed by atoms with Gasteiger partial charge in [0, 0.05) is 18.2 Å². The van der Waals surface area contributed by atoms with Crippen LogP contribution in [0.2, 0.25) is 0 Å². The monoisotopic (exact) mass is 247 g/mol. The van der Waals surface area contributed by atoms with E-state index in [9.17, 15) is 4.79 Å². The highest BCUT2D eigenvalue weighted by molar-refractivity contribution is 5.88. The highest BCUT2D eigenvalue weighted by atomic mass is 16.5. The highest BCUT2D eigenvalue weighted by Gasteiger charge is 2.09. The van der Waals surface area contributed by atoms with Crippen LogP contribution in [0.4, 0.5) is 0 Å². The van der Waals surface area contributed by atoms with Crippen LogP contribution in [0.25, 0.3) is 0 Å². The molecule has 0 saturated carbocycles. The highest BCUT2D eigenvalue weighted by Crippen LogP contribution is 2.03. The summed E-state index contributed by atoms with van der Waals surface area (Å²) in [5.41, 5.74) is 1.75. The number of esters is 1. The Morgan fingerprint density at radius 1 is 1.39 bits per heavy atom. The molecule has 0 aliphatic heterocycles. The summed E-state index contributed by atoms with van der Waals surface area (Å²) >= 11 is 0. The maximum absolute atomic E-state index is 11.4. The summed E-state index contributed by atoms with van der Waals surface area (Å²) < 4.78 is 4.88. The number of ether oxygens (including phenoxy) is 1. The zero-order valence-corrected chi connectivity index (χ0v) is 11.1. The average Bonchev–Trinajstić information content (AvgIpc) is 2.37. The van der Waals surface area contributed by atoms with Crippen LogP contribution in [0.1, 0.15) is 19.4 Å². The Balaban J connectivity index is 2.31. The molecule has 0 heterocycles. The fraction of sp³-hybridized carbons (Fsp3) is 0.400. The lowest BCUT2D eigenvalue weighted by Gasteiger charge is -2.14. The van der Waals surface area contributed by atoms with Crippen LogP contribution >= 0.6 is 0 Å². The van der Waals surface area contributed by atoms with Crippen molar-refractivity contribution in [3.63, 3.8) is 0 Å². The summed E-state index contributed by atoms with van der Waals surface area (Å²) in [5.74, 6) is -0.322. The van der Waals surface area contributed by atoms with Crippen molar-refractivity contribution in [2.75, 3.05) is 13.2 Å². The zero-order chi connectivity index (χ0) is 13.4. The van der Waals surface area contributed by atoms with Crippen molar-refractivity contribution in [1.82, 2.24) is 5.32 Å². The molecule has 0 amide bonds. The van der Waals surface area contributed by atoms with Gasteiger partial charge in [0.2, 0.25) is 0 Å². The largest absolute Gasteiger partial charge is 0.463 e. The second-order valence-corrected chi connectivity index (χ2v) is 4.30. The molecule has 0 aliphatic rings. The number of carbonyl (C=O) groups excluding carboxylic acids is 1. The van der Waals surface area contributed by atoms with Gasteiger partial charge < -0.3 is 10.1 Å². The predicted octanol–water partition coefficient (Wildman–Crippen LogP) is 2.33. The minimum atomic E-state index is -0.322. The molecule has 0 saturated heterocycles. The number of nitrogens with one attached hydrogen (secondary N) is 1. The fourth-order valence-electron chi connectivity index (χ4n) is 1.64. The lowest BCUT2D eigenvalue weighted by atomic mass is 10.1. The van der Waals surface area contributed by atoms with Crippen molar-refractivity contribution in [2.24, 2.45) is 0 Å². The van der Waals surface area contributed by atoms with Gasteiger partial charge in [-0.25, -0.2) is 4.79 Å². The van der Waals surface area contributed by atoms with Crippen LogP contribution in [0.5, 0.6) is 0 Å². The van der Waals surface area contributed by atoms with Crippen molar-refractivity contribution in [1.29, 1.82) is 0 Å². The van der Waals surface area contributed by atoms with E-state index in [0.717, 1.165) is 6.42 Å². The van der Waals surface area contributed by atoms with E-state index in [1.807, 2.05) is 18.2 Å². The maximum atomic E-state index is 11.4. The van der Waals surface area contributed by atoms with E-state index in [-0.39, 0.29) is 5.97 Å². The van der Waals surface area contributed by atoms with Crippen LogP contribution in [0.15, 0.2) is 42.5 Å². The Kier molecular flexibility index (Phi) is 6.15. The second-order valence-electron chi connectivity index (χ2n) is 4.30. The summed E-state index contributed by atoms with van der Waals surface area (Å²) in [6, 6.07) is 10.5. The molecular formula is C15H21NO2. The van der Waals surface area contributed by atoms with E-state index in [0.29, 0.717) is 24.8 Å². The Hall–Kier alpha value is -1.61. The van der Waals surface area contributed by atoms with E-state index < -0.39 is 0 Å². The summed E-state index contributed by atoms with van der Waals surface area (Å²) in [7, 11) is 0. The molecule has 98 valence electrons. The Morgan fingerprint density at radius 3 is 2.67 bits per heavy atom. The number of benzene rings is 1. The van der Waals surface area contributed by atoms with Crippen molar-refractivity contribution in [2.45, 2.75) is 26.3 Å². The molecule has 1 atom stereocenters. The Labute approximate surface area is 109 Å². The molecule has 0 aliphatic carbocycles. The molecule has 1 N–H and O–H groups in total. The minimum absolute atomic E-state index is 0.290. The molecular weight excluding hydrogens is 226 g/mol. The van der Waals surface area contributed by atoms with Crippen LogP contribution in [0.3, 0.4) is 0 Å². The lowest BCUT2D eigenvalue weighted by Crippen LogP contribution is -2.31. The Morgan fingerprint density at radius 2 is 2.06 bits per heavy atom. The maximum Gasteiger partial charge on any atom is 0.334 e. The standard InChI is InChI=1S/C15H21NO2/c1-4-18-15(17)12(2)11-16-13(3)10-14-8-6-5-7-9-14/h5-9,13,16H,2,4,10-11H2,1,3H3. The van der Waals surface area contributed by atoms with Crippen molar-refractivity contribution in [3.05, 3.63) is 48.0 Å². The Bertz CT molecular complexity index is 387. The van der Waals surface area contributed by atoms with Gasteiger partial charge in [0.1, 0.15) is 0 Å². The molecule has 3 nitrogen and oxygen atoms in total. The van der Waals surface area contributed by atoms with Crippen LogP contribution in [-0.4, -0.2) is 25.2 Å². The van der Waals surface area contributed by atoms with Gasteiger partial charge in [0.15, 0.2) is 0 Å². The summed E-state index contributed by atoms with van der Waals surface area (Å²) in [6.07, 6.45) is 0.928. The van der Waals surface area contributed by atoms with E-state index in [1.165, 1.54) is 5.56 Å². The first kappa shape index (κ1) is 14.5. The lowest BCUT2D eigenvalue weighted by molar-refractivity contribution is -0.138. The first-order valence-corrected chi connectivity index (χ1v) is 6.25. The summed E-state index contributed by atoms with van der Waals surface area (Å²) in [6.45, 7) is 8.44. The molecule has 1 rings (SSSR count). The van der Waals surface area contributed by atoms with E-state index in [1.54, 1.807) is 6.92 Å². The normalized spacial score (nSPS) is 11.9. The van der Waals surface area contributed by atoms with Gasteiger partial charge in [-0.15, -0.1) is 0 Å². The number of rotatable bonds is 7. The third-order valence-corrected chi connectivity index (χ3v) is 2.61. The van der Waals surface area contributed by atoms with Gasteiger partial charge in [0.05, 0.1) is 6.61 Å². The molecule has 0 fully saturated rings. The molecule has 1 aromatic rings. The summed E-state index contributed by atoms with van der Waals surface area (Å²) in [4.78, 5) is 11.4. The molecule has 18 heavy (non-hydrogen) atoms. The third kappa shape index (κ3) is 5.15. The average molecular weight is 247 g/mol. The molecule has 1 aromatic carbocycles. The zero-order valence-electron chi connectivity index (χ0n) is 11.1. The summed E-state index contributed by atoms with van der Waals surface area (Å²) in [5, 5.41) is 3.27. The van der Waals surface area contributed by atoms with Gasteiger partial charge in [0.25, 0.3) is 0 Å². The number of carbonyl (C=O) groups is 1. The number of hydrogen-bond donors (Lipinski definition) is 1. The van der Waals surface area contributed by atoms with E-state index in [4.69, 9.17) is 4.74 Å².